The zero-order valence-electron chi connectivity index (χ0n) is 12.0. The van der Waals surface area contributed by atoms with Gasteiger partial charge in [-0.15, -0.1) is 0 Å². The smallest absolute Gasteiger partial charge is 0.257 e. The molecule has 3 nitrogen and oxygen atoms in total. The number of amides is 1. The molecule has 2 aromatic rings. The number of benzene rings is 2. The lowest BCUT2D eigenvalue weighted by atomic mass is 10.00. The number of aryl methyl sites for hydroxylation is 2. The first kappa shape index (κ1) is 12.7. The zero-order chi connectivity index (χ0) is 14.3. The first-order chi connectivity index (χ1) is 9.58. The summed E-state index contributed by atoms with van der Waals surface area (Å²) < 4.78 is 0. The molecule has 0 aromatic heterocycles. The Hall–Kier alpha value is -2.29. The van der Waals surface area contributed by atoms with Gasteiger partial charge in [-0.05, 0) is 37.1 Å². The van der Waals surface area contributed by atoms with Crippen LogP contribution in [0.15, 0.2) is 42.5 Å². The van der Waals surface area contributed by atoms with Crippen molar-refractivity contribution in [1.82, 2.24) is 4.90 Å². The molecule has 0 bridgehead atoms. The molecule has 1 aliphatic rings. The Labute approximate surface area is 119 Å². The Balaban J connectivity index is 2.07. The molecule has 20 heavy (non-hydrogen) atoms. The van der Waals surface area contributed by atoms with Gasteiger partial charge in [-0.2, -0.15) is 0 Å². The van der Waals surface area contributed by atoms with E-state index in [1.54, 1.807) is 4.90 Å². The highest BCUT2D eigenvalue weighted by atomic mass is 16.2. The lowest BCUT2D eigenvalue weighted by Gasteiger charge is -2.36. The van der Waals surface area contributed by atoms with Gasteiger partial charge in [-0.25, -0.2) is 0 Å². The van der Waals surface area contributed by atoms with Crippen LogP contribution in [0.4, 0.5) is 5.69 Å². The number of carbonyl (C=O) groups excluding carboxylic acids is 1. The van der Waals surface area contributed by atoms with Crippen molar-refractivity contribution >= 4 is 11.6 Å². The molecule has 2 aromatic carbocycles. The van der Waals surface area contributed by atoms with Crippen molar-refractivity contribution < 1.29 is 4.79 Å². The predicted molar refractivity (Wildman–Crippen MR) is 80.8 cm³/mol. The maximum atomic E-state index is 12.5. The van der Waals surface area contributed by atoms with Gasteiger partial charge in [0.15, 0.2) is 0 Å². The zero-order valence-corrected chi connectivity index (χ0v) is 12.0. The molecule has 0 spiro atoms. The number of nitrogens with one attached hydrogen (secondary N) is 1. The van der Waals surface area contributed by atoms with E-state index in [4.69, 9.17) is 0 Å². The van der Waals surface area contributed by atoms with Crippen LogP contribution in [-0.4, -0.2) is 17.9 Å². The molecule has 0 radical (unpaired) electrons. The summed E-state index contributed by atoms with van der Waals surface area (Å²) in [7, 11) is 1.84. The van der Waals surface area contributed by atoms with Crippen LogP contribution in [0.25, 0.3) is 0 Å². The Kier molecular flexibility index (Phi) is 2.97. The van der Waals surface area contributed by atoms with E-state index in [9.17, 15) is 4.79 Å². The third-order valence-corrected chi connectivity index (χ3v) is 3.89. The number of anilines is 1. The maximum Gasteiger partial charge on any atom is 0.257 e. The number of nitrogens with zero attached hydrogens (tertiary/aromatic N) is 1. The van der Waals surface area contributed by atoms with Gasteiger partial charge < -0.3 is 10.2 Å². The van der Waals surface area contributed by atoms with E-state index in [1.807, 2.05) is 44.3 Å². The van der Waals surface area contributed by atoms with E-state index in [2.05, 4.69) is 24.4 Å². The molecule has 1 atom stereocenters. The van der Waals surface area contributed by atoms with Crippen molar-refractivity contribution in [3.8, 4) is 0 Å². The van der Waals surface area contributed by atoms with Crippen LogP contribution in [-0.2, 0) is 0 Å². The van der Waals surface area contributed by atoms with Crippen LogP contribution in [0.1, 0.15) is 33.2 Å². The number of fused-ring (bicyclic) bond motifs is 1. The fraction of sp³-hybridized carbons (Fsp3) is 0.235. The number of rotatable bonds is 1. The average molecular weight is 266 g/mol. The molecule has 0 saturated heterocycles. The van der Waals surface area contributed by atoms with E-state index in [-0.39, 0.29) is 12.1 Å². The van der Waals surface area contributed by atoms with Crippen molar-refractivity contribution in [1.29, 1.82) is 0 Å². The average Bonchev–Trinajstić information content (AvgIpc) is 2.44. The summed E-state index contributed by atoms with van der Waals surface area (Å²) in [6, 6.07) is 14.1. The van der Waals surface area contributed by atoms with E-state index in [0.717, 1.165) is 22.4 Å². The molecule has 0 fully saturated rings. The molecular formula is C17H18N2O. The van der Waals surface area contributed by atoms with Crippen molar-refractivity contribution in [2.24, 2.45) is 0 Å². The van der Waals surface area contributed by atoms with E-state index >= 15 is 0 Å². The Morgan fingerprint density at radius 3 is 2.60 bits per heavy atom. The topological polar surface area (TPSA) is 32.3 Å². The number of hydrogen-bond acceptors (Lipinski definition) is 2. The monoisotopic (exact) mass is 266 g/mol. The van der Waals surface area contributed by atoms with E-state index in [1.165, 1.54) is 5.56 Å². The van der Waals surface area contributed by atoms with Crippen LogP contribution >= 0.6 is 0 Å². The van der Waals surface area contributed by atoms with Crippen LogP contribution in [0.3, 0.4) is 0 Å². The van der Waals surface area contributed by atoms with Crippen molar-refractivity contribution in [3.63, 3.8) is 0 Å². The Morgan fingerprint density at radius 1 is 1.10 bits per heavy atom. The summed E-state index contributed by atoms with van der Waals surface area (Å²) in [5.74, 6) is 0.0655. The van der Waals surface area contributed by atoms with Gasteiger partial charge in [0, 0.05) is 12.7 Å². The summed E-state index contributed by atoms with van der Waals surface area (Å²) in [5, 5.41) is 3.47. The summed E-state index contributed by atoms with van der Waals surface area (Å²) in [6.07, 6.45) is -0.112. The molecule has 1 aliphatic heterocycles. The van der Waals surface area contributed by atoms with E-state index in [0.29, 0.717) is 0 Å². The van der Waals surface area contributed by atoms with Crippen molar-refractivity contribution in [2.45, 2.75) is 20.0 Å². The second-order valence-electron chi connectivity index (χ2n) is 5.37. The van der Waals surface area contributed by atoms with Gasteiger partial charge in [0.2, 0.25) is 0 Å². The molecule has 1 heterocycles. The number of carbonyl (C=O) groups is 1. The summed E-state index contributed by atoms with van der Waals surface area (Å²) in [5.41, 5.74) is 5.07. The number of hydrogen-bond donors (Lipinski definition) is 1. The first-order valence-electron chi connectivity index (χ1n) is 6.78. The molecule has 0 aliphatic carbocycles. The fourth-order valence-electron chi connectivity index (χ4n) is 2.69. The fourth-order valence-corrected chi connectivity index (χ4v) is 2.69. The van der Waals surface area contributed by atoms with Gasteiger partial charge in [0.25, 0.3) is 5.91 Å². The van der Waals surface area contributed by atoms with Crippen LogP contribution < -0.4 is 5.32 Å². The van der Waals surface area contributed by atoms with Crippen LogP contribution in [0.2, 0.25) is 0 Å². The molecule has 0 saturated carbocycles. The molecule has 1 N–H and O–H groups in total. The quantitative estimate of drug-likeness (QED) is 0.856. The standard InChI is InChI=1S/C17H18N2O/c1-11-8-9-15-14(10-11)17(20)19(3)16(18-15)13-7-5-4-6-12(13)2/h4-10,16,18H,1-3H3. The molecule has 102 valence electrons. The second kappa shape index (κ2) is 4.67. The maximum absolute atomic E-state index is 12.5. The van der Waals surface area contributed by atoms with Crippen LogP contribution in [0, 0.1) is 13.8 Å². The lowest BCUT2D eigenvalue weighted by Crippen LogP contribution is -2.40. The Bertz CT molecular complexity index is 678. The minimum atomic E-state index is -0.112. The highest BCUT2D eigenvalue weighted by Gasteiger charge is 2.30. The molecule has 1 amide bonds. The molecule has 3 heteroatoms. The van der Waals surface area contributed by atoms with Gasteiger partial charge in [-0.3, -0.25) is 4.79 Å². The second-order valence-corrected chi connectivity index (χ2v) is 5.37. The first-order valence-corrected chi connectivity index (χ1v) is 6.78. The highest BCUT2D eigenvalue weighted by molar-refractivity contribution is 6.01. The summed E-state index contributed by atoms with van der Waals surface area (Å²) in [6.45, 7) is 4.07. The summed E-state index contributed by atoms with van der Waals surface area (Å²) >= 11 is 0. The van der Waals surface area contributed by atoms with Gasteiger partial charge in [0.05, 0.1) is 5.56 Å². The Morgan fingerprint density at radius 2 is 1.85 bits per heavy atom. The highest BCUT2D eigenvalue weighted by Crippen LogP contribution is 2.33. The molecule has 1 unspecified atom stereocenters. The molecule has 3 rings (SSSR count). The van der Waals surface area contributed by atoms with Crippen molar-refractivity contribution in [3.05, 3.63) is 64.7 Å². The lowest BCUT2D eigenvalue weighted by molar-refractivity contribution is 0.0735. The molecular weight excluding hydrogens is 248 g/mol. The third-order valence-electron chi connectivity index (χ3n) is 3.89. The van der Waals surface area contributed by atoms with Gasteiger partial charge in [-0.1, -0.05) is 35.9 Å². The van der Waals surface area contributed by atoms with Crippen LogP contribution in [0.5, 0.6) is 0 Å². The minimum absolute atomic E-state index is 0.0655. The van der Waals surface area contributed by atoms with Gasteiger partial charge >= 0.3 is 0 Å². The normalized spacial score (nSPS) is 17.6. The van der Waals surface area contributed by atoms with Gasteiger partial charge in [0.1, 0.15) is 6.17 Å². The summed E-state index contributed by atoms with van der Waals surface area (Å²) in [4.78, 5) is 14.3. The SMILES string of the molecule is Cc1ccc2c(c1)C(=O)N(C)C(c1ccccc1C)N2. The largest absolute Gasteiger partial charge is 0.361 e. The van der Waals surface area contributed by atoms with E-state index < -0.39 is 0 Å². The third kappa shape index (κ3) is 1.95. The minimum Gasteiger partial charge on any atom is -0.361 e. The predicted octanol–water partition coefficient (Wildman–Crippen LogP) is 3.50. The van der Waals surface area contributed by atoms with Crippen molar-refractivity contribution in [2.75, 3.05) is 12.4 Å².